The number of esters is 2. The third-order valence-electron chi connectivity index (χ3n) is 3.31. The Bertz CT molecular complexity index is 838. The van der Waals surface area contributed by atoms with E-state index in [2.05, 4.69) is 15.4 Å². The Kier molecular flexibility index (Phi) is 6.57. The first-order valence-electron chi connectivity index (χ1n) is 7.68. The predicted molar refractivity (Wildman–Crippen MR) is 97.8 cm³/mol. The van der Waals surface area contributed by atoms with E-state index in [0.29, 0.717) is 0 Å². The van der Waals surface area contributed by atoms with E-state index >= 15 is 0 Å². The number of ether oxygens (including phenoxy) is 2. The van der Waals surface area contributed by atoms with E-state index in [1.165, 1.54) is 25.3 Å². The van der Waals surface area contributed by atoms with Crippen molar-refractivity contribution < 1.29 is 23.9 Å². The van der Waals surface area contributed by atoms with Crippen LogP contribution in [0.5, 0.6) is 0 Å². The van der Waals surface area contributed by atoms with Crippen LogP contribution in [-0.2, 0) is 9.47 Å². The zero-order chi connectivity index (χ0) is 19.1. The van der Waals surface area contributed by atoms with Crippen LogP contribution in [0.1, 0.15) is 27.6 Å². The zero-order valence-corrected chi connectivity index (χ0v) is 14.9. The molecule has 26 heavy (non-hydrogen) atoms. The summed E-state index contributed by atoms with van der Waals surface area (Å²) in [5.74, 6) is -1.10. The van der Waals surface area contributed by atoms with Crippen LogP contribution in [0.4, 0.5) is 16.2 Å². The molecular formula is C18H17ClN2O5. The maximum atomic E-state index is 12.3. The average Bonchev–Trinajstić information content (AvgIpc) is 2.63. The van der Waals surface area contributed by atoms with Crippen molar-refractivity contribution in [3.63, 3.8) is 0 Å². The number of carbonyl (C=O) groups excluding carboxylic acids is 3. The summed E-state index contributed by atoms with van der Waals surface area (Å²) in [6, 6.07) is 10.1. The molecule has 0 aliphatic carbocycles. The van der Waals surface area contributed by atoms with Crippen molar-refractivity contribution in [3.8, 4) is 0 Å². The normalized spacial score (nSPS) is 9.96. The van der Waals surface area contributed by atoms with Crippen LogP contribution < -0.4 is 10.6 Å². The lowest BCUT2D eigenvalue weighted by Gasteiger charge is -2.12. The number of urea groups is 1. The van der Waals surface area contributed by atoms with E-state index in [9.17, 15) is 14.4 Å². The van der Waals surface area contributed by atoms with E-state index in [4.69, 9.17) is 16.3 Å². The molecule has 0 atom stereocenters. The Morgan fingerprint density at radius 1 is 1.00 bits per heavy atom. The summed E-state index contributed by atoms with van der Waals surface area (Å²) in [4.78, 5) is 35.8. The lowest BCUT2D eigenvalue weighted by atomic mass is 10.2. The number of methoxy groups -OCH3 is 1. The molecule has 2 N–H and O–H groups in total. The highest BCUT2D eigenvalue weighted by molar-refractivity contribution is 6.34. The molecule has 0 saturated heterocycles. The van der Waals surface area contributed by atoms with Gasteiger partial charge in [-0.05, 0) is 37.3 Å². The van der Waals surface area contributed by atoms with Crippen molar-refractivity contribution in [1.29, 1.82) is 0 Å². The summed E-state index contributed by atoms with van der Waals surface area (Å²) in [6.45, 7) is 1.91. The molecule has 2 aromatic rings. The largest absolute Gasteiger partial charge is 0.465 e. The van der Waals surface area contributed by atoms with Gasteiger partial charge in [0.25, 0.3) is 0 Å². The number of nitrogens with one attached hydrogen (secondary N) is 2. The molecule has 2 aromatic carbocycles. The van der Waals surface area contributed by atoms with Gasteiger partial charge in [-0.15, -0.1) is 0 Å². The number of benzene rings is 2. The van der Waals surface area contributed by atoms with Gasteiger partial charge in [0, 0.05) is 0 Å². The second-order valence-electron chi connectivity index (χ2n) is 5.03. The summed E-state index contributed by atoms with van der Waals surface area (Å²) < 4.78 is 9.59. The Balaban J connectivity index is 2.17. The van der Waals surface area contributed by atoms with Crippen molar-refractivity contribution in [2.24, 2.45) is 0 Å². The molecule has 0 aliphatic rings. The van der Waals surface area contributed by atoms with Crippen LogP contribution in [0.3, 0.4) is 0 Å². The van der Waals surface area contributed by atoms with E-state index < -0.39 is 18.0 Å². The van der Waals surface area contributed by atoms with Gasteiger partial charge in [-0.2, -0.15) is 0 Å². The number of para-hydroxylation sites is 1. The first-order chi connectivity index (χ1) is 12.5. The number of hydrogen-bond acceptors (Lipinski definition) is 5. The maximum Gasteiger partial charge on any atom is 0.340 e. The predicted octanol–water partition coefficient (Wildman–Crippen LogP) is 3.95. The summed E-state index contributed by atoms with van der Waals surface area (Å²) in [6.07, 6.45) is 0. The highest BCUT2D eigenvalue weighted by Gasteiger charge is 2.15. The van der Waals surface area contributed by atoms with Crippen molar-refractivity contribution >= 4 is 40.9 Å². The van der Waals surface area contributed by atoms with E-state index in [1.807, 2.05) is 0 Å². The summed E-state index contributed by atoms with van der Waals surface area (Å²) in [7, 11) is 1.25. The van der Waals surface area contributed by atoms with Crippen molar-refractivity contribution in [2.45, 2.75) is 6.92 Å². The molecular weight excluding hydrogens is 360 g/mol. The van der Waals surface area contributed by atoms with Crippen LogP contribution in [0.25, 0.3) is 0 Å². The molecule has 0 saturated carbocycles. The average molecular weight is 377 g/mol. The summed E-state index contributed by atoms with van der Waals surface area (Å²) >= 11 is 6.05. The molecule has 8 heteroatoms. The Morgan fingerprint density at radius 3 is 2.38 bits per heavy atom. The van der Waals surface area contributed by atoms with Gasteiger partial charge in [0.15, 0.2) is 0 Å². The molecule has 2 rings (SSSR count). The standard InChI is InChI=1S/C18H17ClN2O5/c1-3-26-17(23)12-6-4-5-7-14(12)20-18(24)21-15-10-11(16(22)25-2)8-9-13(15)19/h4-10H,3H2,1-2H3,(H2,20,21,24). The lowest BCUT2D eigenvalue weighted by molar-refractivity contribution is 0.0526. The molecule has 0 unspecified atom stereocenters. The first-order valence-corrected chi connectivity index (χ1v) is 8.06. The Morgan fingerprint density at radius 2 is 1.69 bits per heavy atom. The molecule has 0 spiro atoms. The molecule has 0 radical (unpaired) electrons. The fourth-order valence-corrected chi connectivity index (χ4v) is 2.29. The SMILES string of the molecule is CCOC(=O)c1ccccc1NC(=O)Nc1cc(C(=O)OC)ccc1Cl. The molecule has 0 aromatic heterocycles. The minimum Gasteiger partial charge on any atom is -0.465 e. The molecule has 2 amide bonds. The van der Waals surface area contributed by atoms with E-state index in [1.54, 1.807) is 31.2 Å². The number of halogens is 1. The quantitative estimate of drug-likeness (QED) is 0.770. The van der Waals surface area contributed by atoms with Gasteiger partial charge in [-0.3, -0.25) is 0 Å². The van der Waals surface area contributed by atoms with Crippen LogP contribution in [0.15, 0.2) is 42.5 Å². The smallest absolute Gasteiger partial charge is 0.340 e. The Labute approximate surface area is 155 Å². The highest BCUT2D eigenvalue weighted by Crippen LogP contribution is 2.24. The number of rotatable bonds is 5. The fraction of sp³-hybridized carbons (Fsp3) is 0.167. The third-order valence-corrected chi connectivity index (χ3v) is 3.64. The molecule has 0 aliphatic heterocycles. The van der Waals surface area contributed by atoms with Gasteiger partial charge in [-0.25, -0.2) is 14.4 Å². The van der Waals surface area contributed by atoms with Crippen molar-refractivity contribution in [1.82, 2.24) is 0 Å². The third kappa shape index (κ3) is 4.73. The number of carbonyl (C=O) groups is 3. The minimum absolute atomic E-state index is 0.218. The number of hydrogen-bond donors (Lipinski definition) is 2. The van der Waals surface area contributed by atoms with Crippen molar-refractivity contribution in [3.05, 3.63) is 58.6 Å². The monoisotopic (exact) mass is 376 g/mol. The van der Waals surface area contributed by atoms with Crippen LogP contribution in [0, 0.1) is 0 Å². The molecule has 0 heterocycles. The van der Waals surface area contributed by atoms with Gasteiger partial charge in [0.2, 0.25) is 0 Å². The zero-order valence-electron chi connectivity index (χ0n) is 14.2. The highest BCUT2D eigenvalue weighted by atomic mass is 35.5. The van der Waals surface area contributed by atoms with Crippen LogP contribution in [0.2, 0.25) is 5.02 Å². The topological polar surface area (TPSA) is 93.7 Å². The second-order valence-corrected chi connectivity index (χ2v) is 5.44. The van der Waals surface area contributed by atoms with Crippen LogP contribution in [-0.4, -0.2) is 31.7 Å². The second kappa shape index (κ2) is 8.87. The number of amides is 2. The van der Waals surface area contributed by atoms with Crippen LogP contribution >= 0.6 is 11.6 Å². The lowest BCUT2D eigenvalue weighted by Crippen LogP contribution is -2.21. The molecule has 7 nitrogen and oxygen atoms in total. The maximum absolute atomic E-state index is 12.3. The van der Waals surface area contributed by atoms with E-state index in [0.717, 1.165) is 0 Å². The number of anilines is 2. The first kappa shape index (κ1) is 19.3. The minimum atomic E-state index is -0.634. The fourth-order valence-electron chi connectivity index (χ4n) is 2.12. The Hall–Kier alpha value is -3.06. The van der Waals surface area contributed by atoms with Gasteiger partial charge in [0.1, 0.15) is 0 Å². The van der Waals surface area contributed by atoms with Gasteiger partial charge >= 0.3 is 18.0 Å². The van der Waals surface area contributed by atoms with Gasteiger partial charge < -0.3 is 20.1 Å². The van der Waals surface area contributed by atoms with E-state index in [-0.39, 0.29) is 34.1 Å². The summed E-state index contributed by atoms with van der Waals surface area (Å²) in [5.41, 5.74) is 0.961. The van der Waals surface area contributed by atoms with Gasteiger partial charge in [-0.1, -0.05) is 23.7 Å². The summed E-state index contributed by atoms with van der Waals surface area (Å²) in [5, 5.41) is 5.34. The van der Waals surface area contributed by atoms with Gasteiger partial charge in [0.05, 0.1) is 41.2 Å². The molecule has 136 valence electrons. The van der Waals surface area contributed by atoms with Crippen molar-refractivity contribution in [2.75, 3.05) is 24.4 Å². The molecule has 0 fully saturated rings. The molecule has 0 bridgehead atoms.